The number of carbonyl (C=O) groups is 2. The standard InChI is InChI=1S/C17H23N3O7/c1-11(2)16(21)18-6-5-7-19-17(22)27-10-12-8-14(25-3)15(26-4)9-13(12)20(23)24/h8-9H,1,5-7,10H2,2-4H3,(H,18,21)(H,19,22). The van der Waals surface area contributed by atoms with Crippen molar-refractivity contribution in [2.45, 2.75) is 20.0 Å². The summed E-state index contributed by atoms with van der Waals surface area (Å²) >= 11 is 0. The molecule has 0 radical (unpaired) electrons. The summed E-state index contributed by atoms with van der Waals surface area (Å²) in [7, 11) is 2.76. The molecule has 2 N–H and O–H groups in total. The zero-order valence-corrected chi connectivity index (χ0v) is 15.5. The molecule has 0 atom stereocenters. The summed E-state index contributed by atoms with van der Waals surface area (Å²) < 4.78 is 15.1. The molecule has 2 amide bonds. The Morgan fingerprint density at radius 1 is 1.15 bits per heavy atom. The van der Waals surface area contributed by atoms with Crippen molar-refractivity contribution in [3.05, 3.63) is 40.0 Å². The highest BCUT2D eigenvalue weighted by atomic mass is 16.6. The second kappa shape index (κ2) is 10.6. The molecule has 0 fully saturated rings. The molecule has 1 rings (SSSR count). The Morgan fingerprint density at radius 2 is 1.74 bits per heavy atom. The molecule has 0 aliphatic rings. The lowest BCUT2D eigenvalue weighted by Crippen LogP contribution is -2.30. The number of carbonyl (C=O) groups excluding carboxylic acids is 2. The third-order valence-corrected chi connectivity index (χ3v) is 3.44. The summed E-state index contributed by atoms with van der Waals surface area (Å²) in [6.45, 7) is 5.43. The number of nitro benzene ring substituents is 1. The van der Waals surface area contributed by atoms with Crippen LogP contribution in [0.2, 0.25) is 0 Å². The Kier molecular flexibility index (Phi) is 8.57. The van der Waals surface area contributed by atoms with Crippen molar-refractivity contribution < 1.29 is 28.7 Å². The van der Waals surface area contributed by atoms with Crippen molar-refractivity contribution in [2.75, 3.05) is 27.3 Å². The van der Waals surface area contributed by atoms with Crippen molar-refractivity contribution in [3.8, 4) is 11.5 Å². The van der Waals surface area contributed by atoms with Gasteiger partial charge in [0.2, 0.25) is 5.91 Å². The monoisotopic (exact) mass is 381 g/mol. The van der Waals surface area contributed by atoms with Gasteiger partial charge in [-0.05, 0) is 19.4 Å². The van der Waals surface area contributed by atoms with Gasteiger partial charge in [0.25, 0.3) is 5.69 Å². The number of hydrogen-bond donors (Lipinski definition) is 2. The Morgan fingerprint density at radius 3 is 2.30 bits per heavy atom. The van der Waals surface area contributed by atoms with Gasteiger partial charge < -0.3 is 24.8 Å². The van der Waals surface area contributed by atoms with E-state index in [4.69, 9.17) is 14.2 Å². The zero-order chi connectivity index (χ0) is 20.4. The van der Waals surface area contributed by atoms with Crippen molar-refractivity contribution in [1.29, 1.82) is 0 Å². The maximum atomic E-state index is 11.7. The first-order valence-corrected chi connectivity index (χ1v) is 8.03. The number of nitro groups is 1. The summed E-state index contributed by atoms with van der Waals surface area (Å²) in [4.78, 5) is 33.6. The fraction of sp³-hybridized carbons (Fsp3) is 0.412. The molecule has 1 aromatic rings. The van der Waals surface area contributed by atoms with Gasteiger partial charge in [-0.15, -0.1) is 0 Å². The summed E-state index contributed by atoms with van der Waals surface area (Å²) in [5.74, 6) is 0.239. The van der Waals surface area contributed by atoms with E-state index >= 15 is 0 Å². The number of nitrogens with zero attached hydrogens (tertiary/aromatic N) is 1. The summed E-state index contributed by atoms with van der Waals surface area (Å²) in [6, 6.07) is 2.59. The molecular weight excluding hydrogens is 358 g/mol. The van der Waals surface area contributed by atoms with Crippen LogP contribution in [-0.4, -0.2) is 44.2 Å². The molecular formula is C17H23N3O7. The van der Waals surface area contributed by atoms with Crippen LogP contribution in [0.4, 0.5) is 10.5 Å². The number of nitrogens with one attached hydrogen (secondary N) is 2. The fourth-order valence-corrected chi connectivity index (χ4v) is 2.02. The topological polar surface area (TPSA) is 129 Å². The van der Waals surface area contributed by atoms with E-state index in [0.717, 1.165) is 0 Å². The second-order valence-corrected chi connectivity index (χ2v) is 5.49. The average molecular weight is 381 g/mol. The van der Waals surface area contributed by atoms with Gasteiger partial charge in [-0.1, -0.05) is 6.58 Å². The maximum Gasteiger partial charge on any atom is 0.407 e. The number of alkyl carbamates (subject to hydrolysis) is 1. The summed E-state index contributed by atoms with van der Waals surface area (Å²) in [5, 5.41) is 16.3. The first-order valence-electron chi connectivity index (χ1n) is 8.03. The minimum atomic E-state index is -0.731. The van der Waals surface area contributed by atoms with Crippen LogP contribution in [0.15, 0.2) is 24.3 Å². The van der Waals surface area contributed by atoms with Crippen LogP contribution in [0.1, 0.15) is 18.9 Å². The van der Waals surface area contributed by atoms with Crippen molar-refractivity contribution in [3.63, 3.8) is 0 Å². The van der Waals surface area contributed by atoms with Crippen LogP contribution in [0, 0.1) is 10.1 Å². The van der Waals surface area contributed by atoms with Crippen LogP contribution in [0.3, 0.4) is 0 Å². The van der Waals surface area contributed by atoms with Crippen LogP contribution >= 0.6 is 0 Å². The molecule has 0 spiro atoms. The quantitative estimate of drug-likeness (QED) is 0.274. The smallest absolute Gasteiger partial charge is 0.407 e. The van der Waals surface area contributed by atoms with Gasteiger partial charge in [-0.25, -0.2) is 4.79 Å². The maximum absolute atomic E-state index is 11.7. The van der Waals surface area contributed by atoms with Crippen LogP contribution in [-0.2, 0) is 16.1 Å². The highest BCUT2D eigenvalue weighted by Gasteiger charge is 2.20. The molecule has 0 saturated heterocycles. The van der Waals surface area contributed by atoms with E-state index in [1.165, 1.54) is 26.4 Å². The van der Waals surface area contributed by atoms with Gasteiger partial charge in [-0.3, -0.25) is 14.9 Å². The second-order valence-electron chi connectivity index (χ2n) is 5.49. The molecule has 27 heavy (non-hydrogen) atoms. The number of amides is 2. The third kappa shape index (κ3) is 6.84. The fourth-order valence-electron chi connectivity index (χ4n) is 2.02. The van der Waals surface area contributed by atoms with Gasteiger partial charge in [0.15, 0.2) is 11.5 Å². The Bertz CT molecular complexity index is 719. The van der Waals surface area contributed by atoms with Crippen molar-refractivity contribution in [2.24, 2.45) is 0 Å². The highest BCUT2D eigenvalue weighted by Crippen LogP contribution is 2.34. The van der Waals surface area contributed by atoms with E-state index in [1.54, 1.807) is 6.92 Å². The van der Waals surface area contributed by atoms with Gasteiger partial charge in [0.05, 0.1) is 30.8 Å². The number of rotatable bonds is 10. The molecule has 148 valence electrons. The Hall–Kier alpha value is -3.30. The summed E-state index contributed by atoms with van der Waals surface area (Å²) in [5.41, 5.74) is 0.323. The predicted octanol–water partition coefficient (Wildman–Crippen LogP) is 1.92. The van der Waals surface area contributed by atoms with Gasteiger partial charge in [0.1, 0.15) is 6.61 Å². The minimum absolute atomic E-state index is 0.168. The van der Waals surface area contributed by atoms with Crippen molar-refractivity contribution in [1.82, 2.24) is 10.6 Å². The Balaban J connectivity index is 2.54. The van der Waals surface area contributed by atoms with Crippen LogP contribution < -0.4 is 20.1 Å². The van der Waals surface area contributed by atoms with E-state index in [2.05, 4.69) is 17.2 Å². The summed E-state index contributed by atoms with van der Waals surface area (Å²) in [6.07, 6.45) is -0.240. The minimum Gasteiger partial charge on any atom is -0.493 e. The Labute approximate surface area is 156 Å². The number of hydrogen-bond acceptors (Lipinski definition) is 7. The molecule has 0 aromatic heterocycles. The lowest BCUT2D eigenvalue weighted by Gasteiger charge is -2.11. The molecule has 0 bridgehead atoms. The van der Waals surface area contributed by atoms with Gasteiger partial charge >= 0.3 is 6.09 Å². The highest BCUT2D eigenvalue weighted by molar-refractivity contribution is 5.92. The molecule has 0 aliphatic heterocycles. The van der Waals surface area contributed by atoms with E-state index in [9.17, 15) is 19.7 Å². The number of ether oxygens (including phenoxy) is 3. The van der Waals surface area contributed by atoms with Crippen molar-refractivity contribution >= 4 is 17.7 Å². The van der Waals surface area contributed by atoms with E-state index in [1.807, 2.05) is 0 Å². The van der Waals surface area contributed by atoms with Gasteiger partial charge in [-0.2, -0.15) is 0 Å². The first-order chi connectivity index (χ1) is 12.8. The molecule has 10 heteroatoms. The van der Waals surface area contributed by atoms with Crippen LogP contribution in [0.5, 0.6) is 11.5 Å². The number of benzene rings is 1. The van der Waals surface area contributed by atoms with Crippen LogP contribution in [0.25, 0.3) is 0 Å². The molecule has 0 saturated carbocycles. The number of methoxy groups -OCH3 is 2. The molecule has 0 unspecified atom stereocenters. The van der Waals surface area contributed by atoms with E-state index in [0.29, 0.717) is 18.5 Å². The predicted molar refractivity (Wildman–Crippen MR) is 96.8 cm³/mol. The molecule has 0 heterocycles. The molecule has 1 aromatic carbocycles. The molecule has 10 nitrogen and oxygen atoms in total. The normalized spacial score (nSPS) is 9.89. The third-order valence-electron chi connectivity index (χ3n) is 3.44. The average Bonchev–Trinajstić information content (AvgIpc) is 2.64. The van der Waals surface area contributed by atoms with E-state index in [-0.39, 0.29) is 41.8 Å². The first kappa shape index (κ1) is 21.7. The largest absolute Gasteiger partial charge is 0.493 e. The SMILES string of the molecule is C=C(C)C(=O)NCCCNC(=O)OCc1cc(OC)c(OC)cc1[N+](=O)[O-]. The van der Waals surface area contributed by atoms with E-state index < -0.39 is 11.0 Å². The lowest BCUT2D eigenvalue weighted by molar-refractivity contribution is -0.385. The lowest BCUT2D eigenvalue weighted by atomic mass is 10.1. The molecule has 0 aliphatic carbocycles. The van der Waals surface area contributed by atoms with Gasteiger partial charge in [0, 0.05) is 18.7 Å². The zero-order valence-electron chi connectivity index (χ0n) is 15.5.